The summed E-state index contributed by atoms with van der Waals surface area (Å²) >= 11 is 0. The van der Waals surface area contributed by atoms with E-state index in [1.807, 2.05) is 31.2 Å². The van der Waals surface area contributed by atoms with E-state index >= 15 is 0 Å². The summed E-state index contributed by atoms with van der Waals surface area (Å²) in [5.41, 5.74) is 3.43. The number of rotatable bonds is 3. The molecule has 0 spiro atoms. The third-order valence-electron chi connectivity index (χ3n) is 2.97. The zero-order valence-corrected chi connectivity index (χ0v) is 10.5. The van der Waals surface area contributed by atoms with Crippen LogP contribution in [0.25, 0.3) is 0 Å². The molecule has 0 aliphatic rings. The molecule has 2 rings (SSSR count). The second-order valence-corrected chi connectivity index (χ2v) is 4.54. The van der Waals surface area contributed by atoms with Gasteiger partial charge >= 0.3 is 0 Å². The molecule has 0 unspecified atom stereocenters. The van der Waals surface area contributed by atoms with E-state index in [4.69, 9.17) is 0 Å². The first-order valence-electron chi connectivity index (χ1n) is 5.91. The van der Waals surface area contributed by atoms with E-state index in [-0.39, 0.29) is 11.6 Å². The number of Topliss-reactive ketones (excluding diaryl/α,β-unsaturated/α-hetero) is 1. The maximum absolute atomic E-state index is 13.0. The first-order valence-corrected chi connectivity index (χ1v) is 5.91. The van der Waals surface area contributed by atoms with Crippen LogP contribution in [0, 0.1) is 19.7 Å². The standard InChI is InChI=1S/C16H15FO/c1-11-3-5-13(6-4-11)10-16(18)15-8-7-14(17)9-12(15)2/h3-9H,10H2,1-2H3. The molecule has 0 aliphatic carbocycles. The minimum absolute atomic E-state index is 0.0244. The molecule has 0 radical (unpaired) electrons. The van der Waals surface area contributed by atoms with Crippen LogP contribution in [0.2, 0.25) is 0 Å². The number of hydrogen-bond acceptors (Lipinski definition) is 1. The van der Waals surface area contributed by atoms with Crippen molar-refractivity contribution in [3.8, 4) is 0 Å². The van der Waals surface area contributed by atoms with Gasteiger partial charge in [-0.2, -0.15) is 0 Å². The number of carbonyl (C=O) groups excluding carboxylic acids is 1. The van der Waals surface area contributed by atoms with Gasteiger partial charge in [-0.05, 0) is 43.2 Å². The molecule has 0 fully saturated rings. The van der Waals surface area contributed by atoms with Crippen molar-refractivity contribution in [1.29, 1.82) is 0 Å². The molecule has 0 saturated carbocycles. The van der Waals surface area contributed by atoms with Crippen molar-refractivity contribution in [3.63, 3.8) is 0 Å². The number of carbonyl (C=O) groups is 1. The van der Waals surface area contributed by atoms with E-state index in [9.17, 15) is 9.18 Å². The minimum Gasteiger partial charge on any atom is -0.294 e. The molecule has 2 heteroatoms. The molecule has 2 aromatic carbocycles. The summed E-state index contributed by atoms with van der Waals surface area (Å²) in [6.07, 6.45) is 0.354. The Morgan fingerprint density at radius 1 is 1.06 bits per heavy atom. The first-order chi connectivity index (χ1) is 8.56. The lowest BCUT2D eigenvalue weighted by atomic mass is 9.99. The lowest BCUT2D eigenvalue weighted by Crippen LogP contribution is -2.05. The Kier molecular flexibility index (Phi) is 3.56. The largest absolute Gasteiger partial charge is 0.294 e. The van der Waals surface area contributed by atoms with Gasteiger partial charge in [-0.25, -0.2) is 4.39 Å². The Morgan fingerprint density at radius 3 is 2.33 bits per heavy atom. The van der Waals surface area contributed by atoms with Crippen LogP contribution in [0.5, 0.6) is 0 Å². The Labute approximate surface area is 106 Å². The van der Waals surface area contributed by atoms with E-state index < -0.39 is 0 Å². The summed E-state index contributed by atoms with van der Waals surface area (Å²) in [5.74, 6) is -0.282. The van der Waals surface area contributed by atoms with Gasteiger partial charge in [0.15, 0.2) is 5.78 Å². The number of aryl methyl sites for hydroxylation is 2. The highest BCUT2D eigenvalue weighted by Gasteiger charge is 2.10. The van der Waals surface area contributed by atoms with Gasteiger partial charge < -0.3 is 0 Å². The monoisotopic (exact) mass is 242 g/mol. The number of hydrogen-bond donors (Lipinski definition) is 0. The second kappa shape index (κ2) is 5.13. The van der Waals surface area contributed by atoms with Crippen LogP contribution < -0.4 is 0 Å². The molecule has 0 amide bonds. The van der Waals surface area contributed by atoms with Gasteiger partial charge in [0.2, 0.25) is 0 Å². The topological polar surface area (TPSA) is 17.1 Å². The molecular formula is C16H15FO. The molecule has 92 valence electrons. The van der Waals surface area contributed by atoms with Crippen LogP contribution in [0.3, 0.4) is 0 Å². The molecule has 0 aromatic heterocycles. The van der Waals surface area contributed by atoms with Crippen LogP contribution in [-0.4, -0.2) is 5.78 Å². The lowest BCUT2D eigenvalue weighted by Gasteiger charge is -2.05. The van der Waals surface area contributed by atoms with Crippen molar-refractivity contribution < 1.29 is 9.18 Å². The quantitative estimate of drug-likeness (QED) is 0.747. The van der Waals surface area contributed by atoms with Crippen LogP contribution in [0.15, 0.2) is 42.5 Å². The summed E-state index contributed by atoms with van der Waals surface area (Å²) in [7, 11) is 0. The minimum atomic E-state index is -0.306. The molecule has 0 bridgehead atoms. The van der Waals surface area contributed by atoms with E-state index in [0.717, 1.165) is 5.56 Å². The lowest BCUT2D eigenvalue weighted by molar-refractivity contribution is 0.0992. The van der Waals surface area contributed by atoms with E-state index in [2.05, 4.69) is 0 Å². The van der Waals surface area contributed by atoms with Gasteiger partial charge in [0.25, 0.3) is 0 Å². The highest BCUT2D eigenvalue weighted by atomic mass is 19.1. The average Bonchev–Trinajstić information content (AvgIpc) is 2.32. The van der Waals surface area contributed by atoms with Gasteiger partial charge in [0, 0.05) is 12.0 Å². The SMILES string of the molecule is Cc1ccc(CC(=O)c2ccc(F)cc2C)cc1. The van der Waals surface area contributed by atoms with Crippen LogP contribution in [0.4, 0.5) is 4.39 Å². The Morgan fingerprint density at radius 2 is 1.72 bits per heavy atom. The predicted molar refractivity (Wildman–Crippen MR) is 70.4 cm³/mol. The maximum Gasteiger partial charge on any atom is 0.167 e. The second-order valence-electron chi connectivity index (χ2n) is 4.54. The summed E-state index contributed by atoms with van der Waals surface area (Å²) < 4.78 is 13.0. The molecule has 1 nitrogen and oxygen atoms in total. The van der Waals surface area contributed by atoms with Gasteiger partial charge in [0.05, 0.1) is 0 Å². The highest BCUT2D eigenvalue weighted by molar-refractivity contribution is 5.98. The molecule has 2 aromatic rings. The van der Waals surface area contributed by atoms with Crippen molar-refractivity contribution >= 4 is 5.78 Å². The number of ketones is 1. The maximum atomic E-state index is 13.0. The van der Waals surface area contributed by atoms with Crippen LogP contribution >= 0.6 is 0 Å². The van der Waals surface area contributed by atoms with Gasteiger partial charge in [-0.15, -0.1) is 0 Å². The van der Waals surface area contributed by atoms with Crippen molar-refractivity contribution in [2.45, 2.75) is 20.3 Å². The zero-order chi connectivity index (χ0) is 13.1. The third kappa shape index (κ3) is 2.83. The van der Waals surface area contributed by atoms with Crippen LogP contribution in [-0.2, 0) is 6.42 Å². The molecule has 0 N–H and O–H groups in total. The highest BCUT2D eigenvalue weighted by Crippen LogP contribution is 2.14. The molecule has 0 aliphatic heterocycles. The van der Waals surface area contributed by atoms with Crippen LogP contribution in [0.1, 0.15) is 27.0 Å². The van der Waals surface area contributed by atoms with E-state index in [0.29, 0.717) is 17.5 Å². The average molecular weight is 242 g/mol. The molecule has 18 heavy (non-hydrogen) atoms. The van der Waals surface area contributed by atoms with Crippen molar-refractivity contribution in [2.24, 2.45) is 0 Å². The first kappa shape index (κ1) is 12.5. The fraction of sp³-hybridized carbons (Fsp3) is 0.188. The van der Waals surface area contributed by atoms with E-state index in [1.165, 1.54) is 17.7 Å². The molecule has 0 atom stereocenters. The van der Waals surface area contributed by atoms with Crippen molar-refractivity contribution in [2.75, 3.05) is 0 Å². The molecule has 0 heterocycles. The van der Waals surface area contributed by atoms with Crippen molar-refractivity contribution in [1.82, 2.24) is 0 Å². The summed E-state index contributed by atoms with van der Waals surface area (Å²) in [4.78, 5) is 12.1. The van der Waals surface area contributed by atoms with E-state index in [1.54, 1.807) is 13.0 Å². The van der Waals surface area contributed by atoms with Gasteiger partial charge in [-0.3, -0.25) is 4.79 Å². The Hall–Kier alpha value is -1.96. The van der Waals surface area contributed by atoms with Gasteiger partial charge in [0.1, 0.15) is 5.82 Å². The van der Waals surface area contributed by atoms with Crippen molar-refractivity contribution in [3.05, 3.63) is 70.5 Å². The Bertz CT molecular complexity index is 570. The summed E-state index contributed by atoms with van der Waals surface area (Å²) in [5, 5.41) is 0. The number of benzene rings is 2. The smallest absolute Gasteiger partial charge is 0.167 e. The fourth-order valence-electron chi connectivity index (χ4n) is 1.93. The molecular weight excluding hydrogens is 227 g/mol. The fourth-order valence-corrected chi connectivity index (χ4v) is 1.93. The Balaban J connectivity index is 2.19. The zero-order valence-electron chi connectivity index (χ0n) is 10.5. The number of halogens is 1. The molecule has 0 saturated heterocycles. The normalized spacial score (nSPS) is 10.4. The van der Waals surface area contributed by atoms with Gasteiger partial charge in [-0.1, -0.05) is 29.8 Å². The summed E-state index contributed by atoms with van der Waals surface area (Å²) in [6.45, 7) is 3.77. The predicted octanol–water partition coefficient (Wildman–Crippen LogP) is 3.87. The third-order valence-corrected chi connectivity index (χ3v) is 2.97. The summed E-state index contributed by atoms with van der Waals surface area (Å²) in [6, 6.07) is 12.2.